The van der Waals surface area contributed by atoms with E-state index in [1.807, 2.05) is 25.6 Å². The van der Waals surface area contributed by atoms with E-state index in [1.54, 1.807) is 0 Å². The zero-order valence-electron chi connectivity index (χ0n) is 12.9. The molecule has 0 atom stereocenters. The predicted octanol–water partition coefficient (Wildman–Crippen LogP) is 4.27. The first-order chi connectivity index (χ1) is 10.4. The second-order valence-corrected chi connectivity index (χ2v) is 5.74. The standard InChI is InChI=1S/C16H18N2S.C2H6/c1-2-6-14(7-3-1)19-16-9-5-4-8-15(16)18-12-10-17-11-13-18;1-2/h1-9,17H,10-13H2;1-2H3. The van der Waals surface area contributed by atoms with Gasteiger partial charge in [-0.05, 0) is 24.3 Å². The number of para-hydroxylation sites is 1. The highest BCUT2D eigenvalue weighted by Crippen LogP contribution is 2.35. The second kappa shape index (κ2) is 8.75. The molecule has 0 amide bonds. The molecule has 3 heteroatoms. The van der Waals surface area contributed by atoms with Crippen molar-refractivity contribution in [2.45, 2.75) is 23.6 Å². The lowest BCUT2D eigenvalue weighted by atomic mass is 10.2. The molecule has 2 aromatic rings. The van der Waals surface area contributed by atoms with Gasteiger partial charge in [-0.1, -0.05) is 55.9 Å². The van der Waals surface area contributed by atoms with Crippen molar-refractivity contribution in [3.63, 3.8) is 0 Å². The maximum Gasteiger partial charge on any atom is 0.0508 e. The lowest BCUT2D eigenvalue weighted by Crippen LogP contribution is -2.43. The first kappa shape index (κ1) is 15.9. The molecule has 0 bridgehead atoms. The smallest absolute Gasteiger partial charge is 0.0508 e. The maximum atomic E-state index is 3.41. The van der Waals surface area contributed by atoms with Crippen LogP contribution in [0.25, 0.3) is 0 Å². The van der Waals surface area contributed by atoms with Crippen molar-refractivity contribution in [2.24, 2.45) is 0 Å². The SMILES string of the molecule is CC.c1ccc(Sc2ccccc2N2CCNCC2)cc1. The van der Waals surface area contributed by atoms with Gasteiger partial charge in [0.05, 0.1) is 5.69 Å². The van der Waals surface area contributed by atoms with Crippen LogP contribution in [0.15, 0.2) is 64.4 Å². The van der Waals surface area contributed by atoms with Crippen LogP contribution in [0.1, 0.15) is 13.8 Å². The molecule has 0 radical (unpaired) electrons. The van der Waals surface area contributed by atoms with E-state index in [0.29, 0.717) is 0 Å². The summed E-state index contributed by atoms with van der Waals surface area (Å²) in [5.41, 5.74) is 1.36. The van der Waals surface area contributed by atoms with Gasteiger partial charge in [0, 0.05) is 36.0 Å². The zero-order chi connectivity index (χ0) is 14.9. The fourth-order valence-corrected chi connectivity index (χ4v) is 3.32. The molecular formula is C18H24N2S. The largest absolute Gasteiger partial charge is 0.368 e. The number of hydrogen-bond donors (Lipinski definition) is 1. The summed E-state index contributed by atoms with van der Waals surface area (Å²) in [6, 6.07) is 19.3. The van der Waals surface area contributed by atoms with Gasteiger partial charge >= 0.3 is 0 Å². The Bertz CT molecular complexity index is 522. The summed E-state index contributed by atoms with van der Waals surface area (Å²) in [5.74, 6) is 0. The monoisotopic (exact) mass is 300 g/mol. The third kappa shape index (κ3) is 4.51. The van der Waals surface area contributed by atoms with Gasteiger partial charge in [-0.25, -0.2) is 0 Å². The molecule has 1 N–H and O–H groups in total. The lowest BCUT2D eigenvalue weighted by Gasteiger charge is -2.30. The van der Waals surface area contributed by atoms with Gasteiger partial charge in [0.2, 0.25) is 0 Å². The summed E-state index contributed by atoms with van der Waals surface area (Å²) in [5, 5.41) is 3.41. The Morgan fingerprint density at radius 3 is 2.19 bits per heavy atom. The lowest BCUT2D eigenvalue weighted by molar-refractivity contribution is 0.587. The summed E-state index contributed by atoms with van der Waals surface area (Å²) in [6.07, 6.45) is 0. The summed E-state index contributed by atoms with van der Waals surface area (Å²) in [4.78, 5) is 5.11. The summed E-state index contributed by atoms with van der Waals surface area (Å²) in [6.45, 7) is 8.33. The highest BCUT2D eigenvalue weighted by atomic mass is 32.2. The third-order valence-electron chi connectivity index (χ3n) is 3.29. The number of nitrogens with one attached hydrogen (secondary N) is 1. The molecule has 1 saturated heterocycles. The van der Waals surface area contributed by atoms with Gasteiger partial charge < -0.3 is 10.2 Å². The van der Waals surface area contributed by atoms with Gasteiger partial charge in [0.25, 0.3) is 0 Å². The zero-order valence-corrected chi connectivity index (χ0v) is 13.7. The molecule has 1 heterocycles. The first-order valence-corrected chi connectivity index (χ1v) is 8.53. The number of nitrogens with zero attached hydrogens (tertiary/aromatic N) is 1. The fraction of sp³-hybridized carbons (Fsp3) is 0.333. The van der Waals surface area contributed by atoms with Crippen LogP contribution in [0.2, 0.25) is 0 Å². The van der Waals surface area contributed by atoms with Crippen LogP contribution in [0.4, 0.5) is 5.69 Å². The average Bonchev–Trinajstić information content (AvgIpc) is 2.59. The van der Waals surface area contributed by atoms with Crippen molar-refractivity contribution in [2.75, 3.05) is 31.1 Å². The van der Waals surface area contributed by atoms with Crippen molar-refractivity contribution in [1.82, 2.24) is 5.32 Å². The van der Waals surface area contributed by atoms with Crippen molar-refractivity contribution >= 4 is 17.4 Å². The topological polar surface area (TPSA) is 15.3 Å². The molecule has 112 valence electrons. The van der Waals surface area contributed by atoms with Crippen LogP contribution in [0, 0.1) is 0 Å². The number of rotatable bonds is 3. The minimum Gasteiger partial charge on any atom is -0.368 e. The quantitative estimate of drug-likeness (QED) is 0.911. The Labute approximate surface area is 132 Å². The van der Waals surface area contributed by atoms with Crippen molar-refractivity contribution < 1.29 is 0 Å². The van der Waals surface area contributed by atoms with Crippen molar-refractivity contribution in [1.29, 1.82) is 0 Å². The Morgan fingerprint density at radius 1 is 0.857 bits per heavy atom. The minimum atomic E-state index is 1.07. The van der Waals surface area contributed by atoms with Crippen molar-refractivity contribution in [3.8, 4) is 0 Å². The van der Waals surface area contributed by atoms with E-state index in [4.69, 9.17) is 0 Å². The average molecular weight is 300 g/mol. The summed E-state index contributed by atoms with van der Waals surface area (Å²) in [7, 11) is 0. The van der Waals surface area contributed by atoms with E-state index in [-0.39, 0.29) is 0 Å². The molecule has 0 aromatic heterocycles. The van der Waals surface area contributed by atoms with Crippen LogP contribution >= 0.6 is 11.8 Å². The molecular weight excluding hydrogens is 276 g/mol. The first-order valence-electron chi connectivity index (χ1n) is 7.71. The van der Waals surface area contributed by atoms with E-state index in [1.165, 1.54) is 15.5 Å². The molecule has 3 rings (SSSR count). The van der Waals surface area contributed by atoms with E-state index < -0.39 is 0 Å². The fourth-order valence-electron chi connectivity index (χ4n) is 2.33. The van der Waals surface area contributed by atoms with Crippen LogP contribution in [-0.2, 0) is 0 Å². The van der Waals surface area contributed by atoms with E-state index >= 15 is 0 Å². The number of piperazine rings is 1. The molecule has 2 aromatic carbocycles. The number of benzene rings is 2. The van der Waals surface area contributed by atoms with Crippen LogP contribution < -0.4 is 10.2 Å². The van der Waals surface area contributed by atoms with Crippen LogP contribution in [0.3, 0.4) is 0 Å². The van der Waals surface area contributed by atoms with Crippen LogP contribution in [0.5, 0.6) is 0 Å². The normalized spacial score (nSPS) is 14.3. The highest BCUT2D eigenvalue weighted by Gasteiger charge is 2.14. The Kier molecular flexibility index (Phi) is 6.64. The number of hydrogen-bond acceptors (Lipinski definition) is 3. The Hall–Kier alpha value is -1.45. The maximum absolute atomic E-state index is 3.41. The highest BCUT2D eigenvalue weighted by molar-refractivity contribution is 7.99. The molecule has 1 aliphatic heterocycles. The molecule has 0 aliphatic carbocycles. The summed E-state index contributed by atoms with van der Waals surface area (Å²) >= 11 is 1.85. The molecule has 0 saturated carbocycles. The molecule has 0 spiro atoms. The minimum absolute atomic E-state index is 1.07. The molecule has 1 aliphatic rings. The van der Waals surface area contributed by atoms with Gasteiger partial charge in [0.1, 0.15) is 0 Å². The van der Waals surface area contributed by atoms with E-state index in [2.05, 4.69) is 64.8 Å². The van der Waals surface area contributed by atoms with E-state index in [0.717, 1.165) is 26.2 Å². The Morgan fingerprint density at radius 2 is 1.48 bits per heavy atom. The van der Waals surface area contributed by atoms with Gasteiger partial charge in [0.15, 0.2) is 0 Å². The second-order valence-electron chi connectivity index (χ2n) is 4.62. The van der Waals surface area contributed by atoms with Gasteiger partial charge in [-0.3, -0.25) is 0 Å². The molecule has 2 nitrogen and oxygen atoms in total. The van der Waals surface area contributed by atoms with Crippen LogP contribution in [-0.4, -0.2) is 26.2 Å². The van der Waals surface area contributed by atoms with Gasteiger partial charge in [-0.2, -0.15) is 0 Å². The molecule has 1 fully saturated rings. The van der Waals surface area contributed by atoms with Gasteiger partial charge in [-0.15, -0.1) is 0 Å². The van der Waals surface area contributed by atoms with E-state index in [9.17, 15) is 0 Å². The predicted molar refractivity (Wildman–Crippen MR) is 93.4 cm³/mol. The molecule has 21 heavy (non-hydrogen) atoms. The summed E-state index contributed by atoms with van der Waals surface area (Å²) < 4.78 is 0. The Balaban J connectivity index is 0.000000774. The van der Waals surface area contributed by atoms with Crippen molar-refractivity contribution in [3.05, 3.63) is 54.6 Å². The molecule has 0 unspecified atom stereocenters. The number of anilines is 1. The third-order valence-corrected chi connectivity index (χ3v) is 4.37.